The van der Waals surface area contributed by atoms with Crippen LogP contribution in [0.3, 0.4) is 0 Å². The highest BCUT2D eigenvalue weighted by Crippen LogP contribution is 2.35. The first-order valence-electron chi connectivity index (χ1n) is 26.2. The number of aliphatic hydroxyl groups is 1. The number of amides is 2. The molecule has 2 aliphatic rings. The summed E-state index contributed by atoms with van der Waals surface area (Å²) in [4.78, 5) is 44.4. The SMILES string of the molecule is CCN(c1ccc2c(c1)nc(C(C)(C)C)n2CC1CCOCC1)S(=O)(=O)c1ccc(NC(=O)CO)cc1.CCN(c1ccc2c(c1)nc(C(C)(C)C)n2CC1CCOCC1)S(=O)(=O)c1ccc(NC(=O)COC(C)=O)cc1. The van der Waals surface area contributed by atoms with Gasteiger partial charge < -0.3 is 39.1 Å². The summed E-state index contributed by atoms with van der Waals surface area (Å²) in [5, 5.41) is 14.0. The number of nitrogens with zero attached hydrogens (tertiary/aromatic N) is 6. The number of carbonyl (C=O) groups is 3. The Morgan fingerprint density at radius 1 is 0.623 bits per heavy atom. The van der Waals surface area contributed by atoms with Crippen LogP contribution in [0.25, 0.3) is 22.1 Å². The van der Waals surface area contributed by atoms with Gasteiger partial charge in [0.05, 0.1) is 43.2 Å². The molecule has 2 aromatic heterocycles. The average Bonchev–Trinajstić information content (AvgIpc) is 3.99. The number of rotatable bonds is 17. The van der Waals surface area contributed by atoms with Crippen molar-refractivity contribution in [2.75, 3.05) is 72.0 Å². The molecule has 0 bridgehead atoms. The molecule has 6 aromatic rings. The number of esters is 1. The van der Waals surface area contributed by atoms with Gasteiger partial charge in [0.1, 0.15) is 18.3 Å². The molecule has 8 rings (SSSR count). The number of aromatic nitrogens is 4. The van der Waals surface area contributed by atoms with Gasteiger partial charge in [0, 0.05) is 81.7 Å². The van der Waals surface area contributed by atoms with Crippen LogP contribution in [0.15, 0.2) is 94.7 Å². The molecular formula is C56H74N8O11S2. The summed E-state index contributed by atoms with van der Waals surface area (Å²) in [6.45, 7) is 21.9. The summed E-state index contributed by atoms with van der Waals surface area (Å²) in [5.74, 6) is 1.35. The number of hydrogen-bond donors (Lipinski definition) is 3. The van der Waals surface area contributed by atoms with E-state index in [4.69, 9.17) is 24.5 Å². The molecule has 19 nitrogen and oxygen atoms in total. The Morgan fingerprint density at radius 3 is 1.34 bits per heavy atom. The fourth-order valence-corrected chi connectivity index (χ4v) is 12.6. The molecule has 2 fully saturated rings. The maximum absolute atomic E-state index is 13.6. The highest BCUT2D eigenvalue weighted by molar-refractivity contribution is 7.93. The Labute approximate surface area is 452 Å². The largest absolute Gasteiger partial charge is 0.456 e. The summed E-state index contributed by atoms with van der Waals surface area (Å²) in [7, 11) is -7.75. The second-order valence-corrected chi connectivity index (χ2v) is 25.2. The van der Waals surface area contributed by atoms with Crippen LogP contribution < -0.4 is 19.2 Å². The maximum Gasteiger partial charge on any atom is 0.303 e. The summed E-state index contributed by atoms with van der Waals surface area (Å²) < 4.78 is 77.4. The van der Waals surface area contributed by atoms with Crippen molar-refractivity contribution < 1.29 is 50.5 Å². The lowest BCUT2D eigenvalue weighted by atomic mass is 9.94. The van der Waals surface area contributed by atoms with E-state index in [1.54, 1.807) is 13.8 Å². The van der Waals surface area contributed by atoms with Crippen molar-refractivity contribution in [1.82, 2.24) is 19.1 Å². The number of hydrogen-bond acceptors (Lipinski definition) is 13. The van der Waals surface area contributed by atoms with Crippen LogP contribution >= 0.6 is 0 Å². The average molecular weight is 1100 g/mol. The Bertz CT molecular complexity index is 3260. The highest BCUT2D eigenvalue weighted by Gasteiger charge is 2.31. The van der Waals surface area contributed by atoms with E-state index in [1.807, 2.05) is 36.4 Å². The molecule has 0 saturated carbocycles. The van der Waals surface area contributed by atoms with Gasteiger partial charge in [-0.3, -0.25) is 23.0 Å². The zero-order valence-electron chi connectivity index (χ0n) is 45.7. The summed E-state index contributed by atoms with van der Waals surface area (Å²) in [6, 6.07) is 23.1. The van der Waals surface area contributed by atoms with Gasteiger partial charge in [-0.15, -0.1) is 0 Å². The van der Waals surface area contributed by atoms with Gasteiger partial charge in [0.15, 0.2) is 6.61 Å². The molecule has 77 heavy (non-hydrogen) atoms. The lowest BCUT2D eigenvalue weighted by molar-refractivity contribution is -0.144. The van der Waals surface area contributed by atoms with Gasteiger partial charge in [0.2, 0.25) is 5.91 Å². The van der Waals surface area contributed by atoms with Gasteiger partial charge in [-0.05, 0) is 136 Å². The van der Waals surface area contributed by atoms with Crippen LogP contribution in [-0.4, -0.2) is 112 Å². The molecule has 0 radical (unpaired) electrons. The minimum atomic E-state index is -3.89. The number of carbonyl (C=O) groups excluding carboxylic acids is 3. The first-order chi connectivity index (χ1) is 36.4. The number of sulfonamides is 2. The van der Waals surface area contributed by atoms with Crippen molar-refractivity contribution in [3.8, 4) is 0 Å². The predicted molar refractivity (Wildman–Crippen MR) is 298 cm³/mol. The van der Waals surface area contributed by atoms with Crippen molar-refractivity contribution >= 4 is 82.6 Å². The lowest BCUT2D eigenvalue weighted by Crippen LogP contribution is -2.30. The van der Waals surface area contributed by atoms with Crippen LogP contribution in [0.4, 0.5) is 22.7 Å². The van der Waals surface area contributed by atoms with Gasteiger partial charge >= 0.3 is 5.97 Å². The van der Waals surface area contributed by atoms with Crippen LogP contribution in [0.1, 0.15) is 99.6 Å². The molecule has 2 aliphatic heterocycles. The summed E-state index contributed by atoms with van der Waals surface area (Å²) in [5.41, 5.74) is 5.04. The standard InChI is InChI=1S/C29H38N4O6S.C27H36N4O5S/c1-6-33(40(36,37)24-10-7-22(8-11-24)30-27(35)19-39-20(2)34)23-9-12-26-25(17-23)31-28(29(3,4)5)32(26)18-21-13-15-38-16-14-21;1-5-31(37(34,35)22-9-6-20(7-10-22)28-25(33)18-32)21-8-11-24-23(16-21)29-26(27(2,3)4)30(24)17-19-12-14-36-15-13-19/h7-12,17,21H,6,13-16,18-19H2,1-5H3,(H,30,35);6-11,16,19,32H,5,12-15,17-18H2,1-4H3,(H,28,33). The molecular weight excluding hydrogens is 1020 g/mol. The third kappa shape index (κ3) is 14.0. The molecule has 4 aromatic carbocycles. The minimum absolute atomic E-state index is 0.0906. The number of ether oxygens (including phenoxy) is 3. The molecule has 0 aliphatic carbocycles. The van der Waals surface area contributed by atoms with Crippen LogP contribution in [0, 0.1) is 11.8 Å². The van der Waals surface area contributed by atoms with Crippen LogP contribution in [0.2, 0.25) is 0 Å². The van der Waals surface area contributed by atoms with E-state index in [9.17, 15) is 31.2 Å². The summed E-state index contributed by atoms with van der Waals surface area (Å²) in [6.07, 6.45) is 4.06. The monoisotopic (exact) mass is 1100 g/mol. The van der Waals surface area contributed by atoms with Crippen molar-refractivity contribution in [3.05, 3.63) is 96.6 Å². The van der Waals surface area contributed by atoms with Gasteiger partial charge in [0.25, 0.3) is 26.0 Å². The first kappa shape index (κ1) is 58.3. The molecule has 4 heterocycles. The first-order valence-corrected chi connectivity index (χ1v) is 29.1. The quantitative estimate of drug-likeness (QED) is 0.0729. The topological polar surface area (TPSA) is 234 Å². The molecule has 3 N–H and O–H groups in total. The fraction of sp³-hybridized carbons (Fsp3) is 0.482. The molecule has 0 atom stereocenters. The second kappa shape index (κ2) is 24.5. The van der Waals surface area contributed by atoms with Crippen molar-refractivity contribution in [3.63, 3.8) is 0 Å². The van der Waals surface area contributed by atoms with E-state index in [2.05, 4.69) is 66.0 Å². The Hall–Kier alpha value is -6.39. The zero-order valence-corrected chi connectivity index (χ0v) is 47.3. The smallest absolute Gasteiger partial charge is 0.303 e. The lowest BCUT2D eigenvalue weighted by Gasteiger charge is -2.26. The molecule has 0 unspecified atom stereocenters. The van der Waals surface area contributed by atoms with Gasteiger partial charge in [-0.25, -0.2) is 26.8 Å². The van der Waals surface area contributed by atoms with Crippen molar-refractivity contribution in [1.29, 1.82) is 0 Å². The van der Waals surface area contributed by atoms with Crippen LogP contribution in [0.5, 0.6) is 0 Å². The Balaban J connectivity index is 0.000000224. The molecule has 2 amide bonds. The molecule has 416 valence electrons. The third-order valence-corrected chi connectivity index (χ3v) is 17.4. The van der Waals surface area contributed by atoms with Gasteiger partial charge in [-0.1, -0.05) is 41.5 Å². The molecule has 2 saturated heterocycles. The highest BCUT2D eigenvalue weighted by atomic mass is 32.2. The van der Waals surface area contributed by atoms with E-state index < -0.39 is 51.0 Å². The van der Waals surface area contributed by atoms with E-state index in [1.165, 1.54) is 64.1 Å². The number of nitrogens with one attached hydrogen (secondary N) is 2. The van der Waals surface area contributed by atoms with Crippen molar-refractivity contribution in [2.45, 2.75) is 122 Å². The number of benzene rings is 4. The fourth-order valence-electron chi connectivity index (χ4n) is 9.66. The third-order valence-electron chi connectivity index (χ3n) is 13.5. The summed E-state index contributed by atoms with van der Waals surface area (Å²) >= 11 is 0. The van der Waals surface area contributed by atoms with E-state index in [0.29, 0.717) is 34.6 Å². The Kier molecular flexibility index (Phi) is 18.6. The zero-order chi connectivity index (χ0) is 55.9. The molecule has 21 heteroatoms. The number of aliphatic hydroxyl groups excluding tert-OH is 1. The van der Waals surface area contributed by atoms with Crippen LogP contribution in [-0.2, 0) is 72.6 Å². The number of imidazole rings is 2. The van der Waals surface area contributed by atoms with E-state index in [-0.39, 0.29) is 33.7 Å². The molecule has 0 spiro atoms. The van der Waals surface area contributed by atoms with Gasteiger partial charge in [-0.2, -0.15) is 0 Å². The van der Waals surface area contributed by atoms with E-state index >= 15 is 0 Å². The predicted octanol–water partition coefficient (Wildman–Crippen LogP) is 8.38. The maximum atomic E-state index is 13.6. The Morgan fingerprint density at radius 2 is 1.00 bits per heavy atom. The normalized spacial score (nSPS) is 14.9. The number of anilines is 4. The second-order valence-electron chi connectivity index (χ2n) is 21.5. The van der Waals surface area contributed by atoms with Crippen molar-refractivity contribution in [2.24, 2.45) is 11.8 Å². The van der Waals surface area contributed by atoms with E-state index in [0.717, 1.165) is 98.9 Å². The minimum Gasteiger partial charge on any atom is -0.456 e. The number of fused-ring (bicyclic) bond motifs is 2.